The van der Waals surface area contributed by atoms with Gasteiger partial charge in [0.05, 0.1) is 19.9 Å². The maximum Gasteiger partial charge on any atom is 0.229 e. The highest BCUT2D eigenvalue weighted by molar-refractivity contribution is 5.67. The third-order valence-corrected chi connectivity index (χ3v) is 4.37. The number of hydrogen-bond donors (Lipinski definition) is 2. The summed E-state index contributed by atoms with van der Waals surface area (Å²) in [5.41, 5.74) is 5.03. The van der Waals surface area contributed by atoms with Gasteiger partial charge in [0, 0.05) is 23.5 Å². The van der Waals surface area contributed by atoms with Crippen LogP contribution in [-0.4, -0.2) is 24.2 Å². The van der Waals surface area contributed by atoms with E-state index in [1.807, 2.05) is 43.3 Å². The number of nitrogens with one attached hydrogen (secondary N) is 2. The zero-order chi connectivity index (χ0) is 19.4. The number of hydrogen-bond acceptors (Lipinski definition) is 6. The van der Waals surface area contributed by atoms with E-state index in [-0.39, 0.29) is 0 Å². The average Bonchev–Trinajstić information content (AvgIpc) is 2.65. The normalized spacial score (nSPS) is 10.4. The van der Waals surface area contributed by atoms with Crippen molar-refractivity contribution in [3.63, 3.8) is 0 Å². The minimum atomic E-state index is 0.481. The molecule has 0 aliphatic carbocycles. The van der Waals surface area contributed by atoms with Gasteiger partial charge in [0.2, 0.25) is 5.95 Å². The molecule has 6 nitrogen and oxygen atoms in total. The van der Waals surface area contributed by atoms with Crippen molar-refractivity contribution in [3.8, 4) is 11.5 Å². The fraction of sp³-hybridized carbons (Fsp3) is 0.238. The summed E-state index contributed by atoms with van der Waals surface area (Å²) in [7, 11) is 3.25. The maximum absolute atomic E-state index is 5.41. The summed E-state index contributed by atoms with van der Waals surface area (Å²) in [6.07, 6.45) is 0. The quantitative estimate of drug-likeness (QED) is 0.648. The molecular weight excluding hydrogens is 340 g/mol. The van der Waals surface area contributed by atoms with E-state index in [0.717, 1.165) is 28.6 Å². The lowest BCUT2D eigenvalue weighted by molar-refractivity contribution is 0.405. The van der Waals surface area contributed by atoms with Crippen LogP contribution in [0.2, 0.25) is 0 Å². The molecule has 0 fully saturated rings. The number of rotatable bonds is 6. The molecule has 1 heterocycles. The summed E-state index contributed by atoms with van der Waals surface area (Å²) in [6.45, 7) is 6.11. The largest absolute Gasteiger partial charge is 0.497 e. The van der Waals surface area contributed by atoms with Gasteiger partial charge in [0.15, 0.2) is 0 Å². The zero-order valence-electron chi connectivity index (χ0n) is 16.3. The summed E-state index contributed by atoms with van der Waals surface area (Å²) in [5, 5.41) is 6.61. The molecule has 0 saturated heterocycles. The second-order valence-electron chi connectivity index (χ2n) is 6.28. The van der Waals surface area contributed by atoms with Gasteiger partial charge in [0.1, 0.15) is 17.3 Å². The van der Waals surface area contributed by atoms with Gasteiger partial charge >= 0.3 is 0 Å². The summed E-state index contributed by atoms with van der Waals surface area (Å²) < 4.78 is 10.7. The standard InChI is InChI=1S/C21H24N4O2/c1-13-7-6-8-17(15(13)3)23-20-11-14(2)22-21(25-20)24-18-12-16(26-4)9-10-19(18)27-5/h6-12H,1-5H3,(H2,22,23,24,25). The topological polar surface area (TPSA) is 68.3 Å². The van der Waals surface area contributed by atoms with Crippen LogP contribution in [0.4, 0.5) is 23.1 Å². The van der Waals surface area contributed by atoms with Crippen LogP contribution in [0.3, 0.4) is 0 Å². The molecule has 3 rings (SSSR count). The van der Waals surface area contributed by atoms with Crippen LogP contribution in [0.1, 0.15) is 16.8 Å². The van der Waals surface area contributed by atoms with E-state index < -0.39 is 0 Å². The number of benzene rings is 2. The zero-order valence-corrected chi connectivity index (χ0v) is 16.3. The monoisotopic (exact) mass is 364 g/mol. The molecular formula is C21H24N4O2. The highest BCUT2D eigenvalue weighted by Gasteiger charge is 2.10. The summed E-state index contributed by atoms with van der Waals surface area (Å²) in [5.74, 6) is 2.61. The molecule has 1 aromatic heterocycles. The van der Waals surface area contributed by atoms with Crippen LogP contribution in [0.15, 0.2) is 42.5 Å². The molecule has 6 heteroatoms. The van der Waals surface area contributed by atoms with Gasteiger partial charge in [-0.05, 0) is 50.1 Å². The van der Waals surface area contributed by atoms with Gasteiger partial charge < -0.3 is 20.1 Å². The fourth-order valence-corrected chi connectivity index (χ4v) is 2.75. The first kappa shape index (κ1) is 18.5. The second-order valence-corrected chi connectivity index (χ2v) is 6.28. The van der Waals surface area contributed by atoms with Gasteiger partial charge in [0.25, 0.3) is 0 Å². The number of ether oxygens (including phenoxy) is 2. The van der Waals surface area contributed by atoms with Gasteiger partial charge in [-0.3, -0.25) is 0 Å². The minimum absolute atomic E-state index is 0.481. The van der Waals surface area contributed by atoms with Gasteiger partial charge in [-0.1, -0.05) is 12.1 Å². The minimum Gasteiger partial charge on any atom is -0.497 e. The van der Waals surface area contributed by atoms with Crippen LogP contribution in [0, 0.1) is 20.8 Å². The van der Waals surface area contributed by atoms with E-state index in [1.165, 1.54) is 11.1 Å². The van der Waals surface area contributed by atoms with Gasteiger partial charge in [-0.2, -0.15) is 4.98 Å². The van der Waals surface area contributed by atoms with Crippen molar-refractivity contribution in [1.82, 2.24) is 9.97 Å². The van der Waals surface area contributed by atoms with Crippen LogP contribution in [0.5, 0.6) is 11.5 Å². The van der Waals surface area contributed by atoms with E-state index >= 15 is 0 Å². The third-order valence-electron chi connectivity index (χ3n) is 4.37. The first-order valence-corrected chi connectivity index (χ1v) is 8.68. The fourth-order valence-electron chi connectivity index (χ4n) is 2.75. The molecule has 2 aromatic carbocycles. The van der Waals surface area contributed by atoms with Crippen molar-refractivity contribution in [2.75, 3.05) is 24.9 Å². The highest BCUT2D eigenvalue weighted by Crippen LogP contribution is 2.31. The lowest BCUT2D eigenvalue weighted by atomic mass is 10.1. The van der Waals surface area contributed by atoms with Crippen molar-refractivity contribution in [2.45, 2.75) is 20.8 Å². The van der Waals surface area contributed by atoms with E-state index in [0.29, 0.717) is 11.7 Å². The van der Waals surface area contributed by atoms with E-state index in [2.05, 4.69) is 40.5 Å². The molecule has 0 aliphatic heterocycles. The lowest BCUT2D eigenvalue weighted by Gasteiger charge is -2.14. The highest BCUT2D eigenvalue weighted by atomic mass is 16.5. The molecule has 2 N–H and O–H groups in total. The van der Waals surface area contributed by atoms with Crippen LogP contribution >= 0.6 is 0 Å². The smallest absolute Gasteiger partial charge is 0.229 e. The van der Waals surface area contributed by atoms with E-state index in [9.17, 15) is 0 Å². The Morgan fingerprint density at radius 3 is 2.37 bits per heavy atom. The molecule has 0 saturated carbocycles. The van der Waals surface area contributed by atoms with Crippen molar-refractivity contribution >= 4 is 23.1 Å². The number of aryl methyl sites for hydroxylation is 2. The second kappa shape index (κ2) is 7.95. The third kappa shape index (κ3) is 4.28. The van der Waals surface area contributed by atoms with Crippen LogP contribution < -0.4 is 20.1 Å². The Morgan fingerprint density at radius 1 is 0.815 bits per heavy atom. The van der Waals surface area contributed by atoms with Crippen LogP contribution in [-0.2, 0) is 0 Å². The van der Waals surface area contributed by atoms with Crippen molar-refractivity contribution in [1.29, 1.82) is 0 Å². The van der Waals surface area contributed by atoms with Crippen molar-refractivity contribution in [3.05, 3.63) is 59.3 Å². The molecule has 0 aliphatic rings. The van der Waals surface area contributed by atoms with E-state index in [1.54, 1.807) is 14.2 Å². The number of aromatic nitrogens is 2. The summed E-state index contributed by atoms with van der Waals surface area (Å²) in [6, 6.07) is 13.6. The first-order valence-electron chi connectivity index (χ1n) is 8.68. The Balaban J connectivity index is 1.91. The number of methoxy groups -OCH3 is 2. The van der Waals surface area contributed by atoms with Crippen molar-refractivity contribution < 1.29 is 9.47 Å². The predicted octanol–water partition coefficient (Wildman–Crippen LogP) is 4.91. The summed E-state index contributed by atoms with van der Waals surface area (Å²) >= 11 is 0. The Labute approximate surface area is 159 Å². The van der Waals surface area contributed by atoms with Crippen LogP contribution in [0.25, 0.3) is 0 Å². The molecule has 140 valence electrons. The Bertz CT molecular complexity index is 957. The number of nitrogens with zero attached hydrogens (tertiary/aromatic N) is 2. The van der Waals surface area contributed by atoms with E-state index in [4.69, 9.17) is 9.47 Å². The first-order chi connectivity index (χ1) is 13.0. The molecule has 0 unspecified atom stereocenters. The molecule has 0 amide bonds. The van der Waals surface area contributed by atoms with Crippen molar-refractivity contribution in [2.24, 2.45) is 0 Å². The Kier molecular flexibility index (Phi) is 5.45. The maximum atomic E-state index is 5.41. The average molecular weight is 364 g/mol. The Hall–Kier alpha value is -3.28. The molecule has 0 bridgehead atoms. The number of anilines is 4. The SMILES string of the molecule is COc1ccc(OC)c(Nc2nc(C)cc(Nc3cccc(C)c3C)n2)c1. The van der Waals surface area contributed by atoms with Gasteiger partial charge in [-0.25, -0.2) is 4.98 Å². The lowest BCUT2D eigenvalue weighted by Crippen LogP contribution is -2.04. The molecule has 0 atom stereocenters. The summed E-state index contributed by atoms with van der Waals surface area (Å²) in [4.78, 5) is 9.08. The molecule has 27 heavy (non-hydrogen) atoms. The Morgan fingerprint density at radius 2 is 1.63 bits per heavy atom. The molecule has 3 aromatic rings. The molecule has 0 radical (unpaired) electrons. The molecule has 0 spiro atoms. The van der Waals surface area contributed by atoms with Gasteiger partial charge in [-0.15, -0.1) is 0 Å². The predicted molar refractivity (Wildman–Crippen MR) is 109 cm³/mol.